The summed E-state index contributed by atoms with van der Waals surface area (Å²) in [4.78, 5) is 0. The van der Waals surface area contributed by atoms with Crippen LogP contribution in [0.25, 0.3) is 0 Å². The first-order chi connectivity index (χ1) is 27.0. The minimum atomic E-state index is -3.67. The molecular weight excluding hydrogens is 835 g/mol. The van der Waals surface area contributed by atoms with Crippen LogP contribution in [-0.2, 0) is 64.5 Å². The molecular formula is C30H58NO23P3. The zero-order valence-corrected chi connectivity index (χ0v) is 34.6. The SMILES string of the molecule is CC1[C@@H](O[PH](=O)O[C@@H]2C(CO)O[C@H](O[PH](=O)O[C@@H]3C(CO)O[C@H](O[PH](=O)O[C@@H]4C(CO)O[C@H](OCCN)C(C)[C@H]4O)C(C)[C@H]3O)C(C)[C@H]2O)OC(CO)[C@@H](O)[C@@H]1O. The molecule has 0 aromatic carbocycles. The van der Waals surface area contributed by atoms with Crippen LogP contribution in [0.15, 0.2) is 0 Å². The van der Waals surface area contributed by atoms with Crippen LogP contribution in [0.4, 0.5) is 0 Å². The minimum absolute atomic E-state index is 0.118. The maximum Gasteiger partial charge on any atom is 0.321 e. The molecule has 0 radical (unpaired) electrons. The number of aliphatic hydroxyl groups excluding tert-OH is 9. The van der Waals surface area contributed by atoms with Crippen LogP contribution in [-0.4, -0.2) is 184 Å². The van der Waals surface area contributed by atoms with Crippen molar-refractivity contribution in [3.8, 4) is 0 Å². The first-order valence-electron chi connectivity index (χ1n) is 18.4. The second-order valence-corrected chi connectivity index (χ2v) is 17.2. The normalized spacial score (nSPS) is 46.0. The van der Waals surface area contributed by atoms with Gasteiger partial charge in [-0.3, -0.25) is 27.3 Å². The van der Waals surface area contributed by atoms with E-state index in [1.165, 1.54) is 20.8 Å². The fraction of sp³-hybridized carbons (Fsp3) is 1.00. The van der Waals surface area contributed by atoms with Gasteiger partial charge in [0.05, 0.1) is 57.5 Å². The van der Waals surface area contributed by atoms with Crippen LogP contribution in [0, 0.1) is 23.7 Å². The highest BCUT2D eigenvalue weighted by atomic mass is 31.1. The van der Waals surface area contributed by atoms with Gasteiger partial charge < -0.3 is 88.9 Å². The summed E-state index contributed by atoms with van der Waals surface area (Å²) in [6, 6.07) is 0. The Morgan fingerprint density at radius 3 is 1.09 bits per heavy atom. The molecule has 0 amide bonds. The molecule has 0 spiro atoms. The second kappa shape index (κ2) is 22.8. The second-order valence-electron chi connectivity index (χ2n) is 14.3. The van der Waals surface area contributed by atoms with Gasteiger partial charge in [0.2, 0.25) is 0 Å². The fourth-order valence-electron chi connectivity index (χ4n) is 6.74. The highest BCUT2D eigenvalue weighted by molar-refractivity contribution is 7.33. The molecule has 4 saturated heterocycles. The molecule has 0 aromatic heterocycles. The van der Waals surface area contributed by atoms with E-state index in [0.717, 1.165) is 0 Å². The lowest BCUT2D eigenvalue weighted by Crippen LogP contribution is -2.57. The molecule has 336 valence electrons. The van der Waals surface area contributed by atoms with E-state index in [-0.39, 0.29) is 13.2 Å². The van der Waals surface area contributed by atoms with Gasteiger partial charge in [0.15, 0.2) is 25.2 Å². The van der Waals surface area contributed by atoms with Crippen LogP contribution in [0.5, 0.6) is 0 Å². The monoisotopic (exact) mass is 893 g/mol. The topological polar surface area (TPSA) is 361 Å². The van der Waals surface area contributed by atoms with E-state index in [4.69, 9.17) is 56.6 Å². The summed E-state index contributed by atoms with van der Waals surface area (Å²) in [5.41, 5.74) is 5.46. The van der Waals surface area contributed by atoms with Crippen molar-refractivity contribution in [2.45, 2.75) is 126 Å². The molecule has 0 aliphatic carbocycles. The van der Waals surface area contributed by atoms with Crippen LogP contribution in [0.1, 0.15) is 27.7 Å². The lowest BCUT2D eigenvalue weighted by Gasteiger charge is -2.44. The van der Waals surface area contributed by atoms with E-state index in [2.05, 4.69) is 0 Å². The van der Waals surface area contributed by atoms with Gasteiger partial charge in [-0.2, -0.15) is 0 Å². The maximum absolute atomic E-state index is 13.2. The third-order valence-corrected chi connectivity index (χ3v) is 13.1. The van der Waals surface area contributed by atoms with E-state index < -0.39 is 173 Å². The molecule has 4 fully saturated rings. The lowest BCUT2D eigenvalue weighted by atomic mass is 9.92. The largest absolute Gasteiger partial charge is 0.394 e. The number of rotatable bonds is 19. The van der Waals surface area contributed by atoms with Crippen molar-refractivity contribution in [2.24, 2.45) is 29.4 Å². The van der Waals surface area contributed by atoms with Gasteiger partial charge in [0, 0.05) is 30.2 Å². The first kappa shape index (κ1) is 49.5. The molecule has 4 rings (SSSR count). The quantitative estimate of drug-likeness (QED) is 0.0564. The summed E-state index contributed by atoms with van der Waals surface area (Å²) in [5, 5.41) is 92.6. The van der Waals surface area contributed by atoms with Crippen molar-refractivity contribution in [1.82, 2.24) is 0 Å². The third-order valence-electron chi connectivity index (χ3n) is 10.4. The zero-order valence-electron chi connectivity index (χ0n) is 31.6. The summed E-state index contributed by atoms with van der Waals surface area (Å²) in [5.74, 6) is -3.73. The number of hydrogen-bond acceptors (Lipinski definition) is 24. The molecule has 11 N–H and O–H groups in total. The first-order valence-corrected chi connectivity index (χ1v) is 22.1. The van der Waals surface area contributed by atoms with Gasteiger partial charge in [0.1, 0.15) is 48.8 Å². The van der Waals surface area contributed by atoms with Crippen LogP contribution < -0.4 is 5.73 Å². The fourth-order valence-corrected chi connectivity index (χ4v) is 9.83. The molecule has 24 nitrogen and oxygen atoms in total. The molecule has 23 atom stereocenters. The molecule has 4 aliphatic rings. The summed E-state index contributed by atoms with van der Waals surface area (Å²) in [6.45, 7) is 3.17. The van der Waals surface area contributed by atoms with Gasteiger partial charge in [-0.15, -0.1) is 0 Å². The van der Waals surface area contributed by atoms with E-state index in [9.17, 15) is 59.7 Å². The molecule has 11 unspecified atom stereocenters. The Labute approximate surface area is 330 Å². The van der Waals surface area contributed by atoms with E-state index in [1.807, 2.05) is 0 Å². The average Bonchev–Trinajstić information content (AvgIpc) is 3.19. The molecule has 0 saturated carbocycles. The Kier molecular flexibility index (Phi) is 19.8. The predicted molar refractivity (Wildman–Crippen MR) is 190 cm³/mol. The van der Waals surface area contributed by atoms with Crippen molar-refractivity contribution in [3.63, 3.8) is 0 Å². The molecule has 27 heteroatoms. The lowest BCUT2D eigenvalue weighted by molar-refractivity contribution is -0.280. The van der Waals surface area contributed by atoms with Gasteiger partial charge in [-0.05, 0) is 0 Å². The Balaban J connectivity index is 1.31. The smallest absolute Gasteiger partial charge is 0.321 e. The van der Waals surface area contributed by atoms with Gasteiger partial charge in [-0.25, -0.2) is 0 Å². The van der Waals surface area contributed by atoms with Crippen LogP contribution >= 0.6 is 24.8 Å². The standard InChI is InChI=1S/C30H58NO23P3/c1-11-19(36)23(40)15(7-32)45-28(11)52-55(41)50-25-17(9-34)47-30(13(3)21(25)38)54-57(43)51-26-18(10-35)48-29(14(4)22(26)39)53-56(42)49-24-16(8-33)46-27(44-6-5-31)12(2)20(24)37/h11-30,32-40,55-57H,5-10,31H2,1-4H3/t11?,12?,13?,14?,15?,16?,17?,18?,19-,20-,21-,22-,23-,24-,25-,26-,27+,28-,29-,30-/m1/s1. The summed E-state index contributed by atoms with van der Waals surface area (Å²) >= 11 is 0. The maximum atomic E-state index is 13.2. The summed E-state index contributed by atoms with van der Waals surface area (Å²) in [6.07, 6.45) is -22.2. The number of aliphatic hydroxyl groups is 9. The van der Waals surface area contributed by atoms with Gasteiger partial charge in [-0.1, -0.05) is 27.7 Å². The van der Waals surface area contributed by atoms with E-state index in [0.29, 0.717) is 0 Å². The Morgan fingerprint density at radius 1 is 0.456 bits per heavy atom. The molecule has 4 aliphatic heterocycles. The van der Waals surface area contributed by atoms with Crippen molar-refractivity contribution < 1.29 is 110 Å². The number of ether oxygens (including phenoxy) is 5. The van der Waals surface area contributed by atoms with Crippen molar-refractivity contribution in [1.29, 1.82) is 0 Å². The molecule has 0 aromatic rings. The highest BCUT2D eigenvalue weighted by Crippen LogP contribution is 2.45. The van der Waals surface area contributed by atoms with Crippen molar-refractivity contribution in [3.05, 3.63) is 0 Å². The minimum Gasteiger partial charge on any atom is -0.394 e. The number of nitrogens with two attached hydrogens (primary N) is 1. The van der Waals surface area contributed by atoms with Gasteiger partial charge in [0.25, 0.3) is 0 Å². The van der Waals surface area contributed by atoms with Crippen molar-refractivity contribution >= 4 is 24.8 Å². The average molecular weight is 894 g/mol. The Morgan fingerprint density at radius 2 is 0.754 bits per heavy atom. The molecule has 4 heterocycles. The Hall–Kier alpha value is -0.150. The summed E-state index contributed by atoms with van der Waals surface area (Å²) in [7, 11) is -10.8. The third kappa shape index (κ3) is 12.1. The van der Waals surface area contributed by atoms with E-state index >= 15 is 0 Å². The van der Waals surface area contributed by atoms with Gasteiger partial charge >= 0.3 is 24.8 Å². The predicted octanol–water partition coefficient (Wildman–Crippen LogP) is -3.45. The van der Waals surface area contributed by atoms with Crippen LogP contribution in [0.2, 0.25) is 0 Å². The van der Waals surface area contributed by atoms with Crippen LogP contribution in [0.3, 0.4) is 0 Å². The zero-order chi connectivity index (χ0) is 42.3. The summed E-state index contributed by atoms with van der Waals surface area (Å²) < 4.78 is 99.4. The van der Waals surface area contributed by atoms with E-state index in [1.54, 1.807) is 6.92 Å². The Bertz CT molecular complexity index is 1300. The van der Waals surface area contributed by atoms with Crippen molar-refractivity contribution in [2.75, 3.05) is 39.6 Å². The highest BCUT2D eigenvalue weighted by Gasteiger charge is 2.50. The number of hydrogen-bond donors (Lipinski definition) is 10. The molecule has 0 bridgehead atoms. The molecule has 57 heavy (non-hydrogen) atoms.